The van der Waals surface area contributed by atoms with E-state index in [2.05, 4.69) is 59.9 Å². The van der Waals surface area contributed by atoms with Gasteiger partial charge in [0.25, 0.3) is 0 Å². The van der Waals surface area contributed by atoms with Gasteiger partial charge in [-0.05, 0) is 23.7 Å². The normalized spacial score (nSPS) is 28.0. The third-order valence-corrected chi connectivity index (χ3v) is 4.81. The topological polar surface area (TPSA) is 30.5 Å². The predicted octanol–water partition coefficient (Wildman–Crippen LogP) is 3.23. The smallest absolute Gasteiger partial charge is 0.162 e. The van der Waals surface area contributed by atoms with Gasteiger partial charge in [0.2, 0.25) is 0 Å². The zero-order chi connectivity index (χ0) is 14.9. The van der Waals surface area contributed by atoms with Gasteiger partial charge in [0, 0.05) is 18.4 Å². The van der Waals surface area contributed by atoms with E-state index in [-0.39, 0.29) is 24.4 Å². The van der Waals surface area contributed by atoms with Crippen molar-refractivity contribution in [1.82, 2.24) is 5.32 Å². The Morgan fingerprint density at radius 3 is 2.64 bits per heavy atom. The molecule has 1 fully saturated rings. The zero-order valence-electron chi connectivity index (χ0n) is 12.7. The molecule has 3 nitrogen and oxygen atoms in total. The van der Waals surface area contributed by atoms with Gasteiger partial charge >= 0.3 is 0 Å². The molecule has 2 aliphatic rings. The van der Waals surface area contributed by atoms with Crippen LogP contribution >= 0.6 is 0 Å². The van der Waals surface area contributed by atoms with Crippen LogP contribution in [0.1, 0.15) is 28.8 Å². The summed E-state index contributed by atoms with van der Waals surface area (Å²) in [5.74, 6) is 0.269. The highest BCUT2D eigenvalue weighted by Gasteiger charge is 2.41. The van der Waals surface area contributed by atoms with Gasteiger partial charge in [-0.1, -0.05) is 54.6 Å². The predicted molar refractivity (Wildman–Crippen MR) is 85.4 cm³/mol. The summed E-state index contributed by atoms with van der Waals surface area (Å²) in [6, 6.07) is 19.4. The molecule has 0 saturated carbocycles. The summed E-state index contributed by atoms with van der Waals surface area (Å²) in [4.78, 5) is 0. The molecule has 0 spiro atoms. The van der Waals surface area contributed by atoms with Crippen LogP contribution < -0.4 is 5.32 Å². The fourth-order valence-corrected chi connectivity index (χ4v) is 3.76. The number of benzene rings is 2. The van der Waals surface area contributed by atoms with Crippen LogP contribution in [0, 0.1) is 5.92 Å². The third-order valence-electron chi connectivity index (χ3n) is 4.81. The highest BCUT2D eigenvalue weighted by atomic mass is 16.7. The van der Waals surface area contributed by atoms with Crippen molar-refractivity contribution in [2.75, 3.05) is 13.7 Å². The molecular weight excluding hydrogens is 274 g/mol. The molecule has 3 heteroatoms. The van der Waals surface area contributed by atoms with Gasteiger partial charge in [-0.25, -0.2) is 0 Å². The van der Waals surface area contributed by atoms with E-state index in [0.717, 1.165) is 13.0 Å². The zero-order valence-corrected chi connectivity index (χ0v) is 12.7. The van der Waals surface area contributed by atoms with E-state index < -0.39 is 0 Å². The highest BCUT2D eigenvalue weighted by molar-refractivity contribution is 5.33. The van der Waals surface area contributed by atoms with Gasteiger partial charge in [-0.2, -0.15) is 0 Å². The van der Waals surface area contributed by atoms with E-state index in [9.17, 15) is 0 Å². The third kappa shape index (κ3) is 2.35. The molecule has 2 heterocycles. The first-order valence-electron chi connectivity index (χ1n) is 7.94. The van der Waals surface area contributed by atoms with E-state index in [0.29, 0.717) is 0 Å². The van der Waals surface area contributed by atoms with Gasteiger partial charge in [-0.3, -0.25) is 0 Å². The van der Waals surface area contributed by atoms with E-state index in [1.54, 1.807) is 0 Å². The van der Waals surface area contributed by atoms with Crippen LogP contribution in [0.5, 0.6) is 0 Å². The number of hydrogen-bond donors (Lipinski definition) is 1. The van der Waals surface area contributed by atoms with Gasteiger partial charge in [0.15, 0.2) is 6.29 Å². The van der Waals surface area contributed by atoms with Gasteiger partial charge in [0.1, 0.15) is 0 Å². The van der Waals surface area contributed by atoms with Crippen LogP contribution in [-0.2, 0) is 15.9 Å². The number of rotatable bonds is 3. The molecule has 4 rings (SSSR count). The first-order valence-corrected chi connectivity index (χ1v) is 7.94. The van der Waals surface area contributed by atoms with Crippen LogP contribution in [0.3, 0.4) is 0 Å². The number of fused-ring (bicyclic) bond motifs is 4. The maximum Gasteiger partial charge on any atom is 0.162 e. The van der Waals surface area contributed by atoms with Gasteiger partial charge in [0.05, 0.1) is 12.7 Å². The Labute approximate surface area is 131 Å². The summed E-state index contributed by atoms with van der Waals surface area (Å²) in [7, 11) is 2.01. The van der Waals surface area contributed by atoms with E-state index in [4.69, 9.17) is 9.47 Å². The van der Waals surface area contributed by atoms with Crippen molar-refractivity contribution in [3.05, 3.63) is 71.3 Å². The lowest BCUT2D eigenvalue weighted by atomic mass is 9.81. The van der Waals surface area contributed by atoms with Gasteiger partial charge in [-0.15, -0.1) is 0 Å². The molecule has 114 valence electrons. The van der Waals surface area contributed by atoms with Crippen LogP contribution in [-0.4, -0.2) is 19.9 Å². The maximum absolute atomic E-state index is 6.20. The molecule has 2 aromatic carbocycles. The first kappa shape index (κ1) is 13.9. The molecule has 0 aliphatic carbocycles. The largest absolute Gasteiger partial charge is 0.352 e. The monoisotopic (exact) mass is 295 g/mol. The molecule has 0 radical (unpaired) electrons. The SMILES string of the molecule is CN[C@@H](c1ccccc1)[C@H]1CO[C@@H]2Cc3ccccc3[C@H]1O2. The second-order valence-corrected chi connectivity index (χ2v) is 6.06. The van der Waals surface area contributed by atoms with E-state index >= 15 is 0 Å². The fourth-order valence-electron chi connectivity index (χ4n) is 3.76. The fraction of sp³-hybridized carbons (Fsp3) is 0.368. The minimum Gasteiger partial charge on any atom is -0.352 e. The lowest BCUT2D eigenvalue weighted by molar-refractivity contribution is -0.250. The lowest BCUT2D eigenvalue weighted by Crippen LogP contribution is -2.44. The van der Waals surface area contributed by atoms with E-state index in [1.165, 1.54) is 16.7 Å². The number of ether oxygens (including phenoxy) is 2. The number of hydrogen-bond acceptors (Lipinski definition) is 3. The number of nitrogens with one attached hydrogen (secondary N) is 1. The lowest BCUT2D eigenvalue weighted by Gasteiger charge is -2.44. The molecule has 0 aromatic heterocycles. The van der Waals surface area contributed by atoms with Crippen molar-refractivity contribution in [3.8, 4) is 0 Å². The van der Waals surface area contributed by atoms with Crippen molar-refractivity contribution in [2.45, 2.75) is 24.9 Å². The average molecular weight is 295 g/mol. The van der Waals surface area contributed by atoms with Crippen molar-refractivity contribution in [2.24, 2.45) is 5.92 Å². The average Bonchev–Trinajstić information content (AvgIpc) is 2.58. The minimum absolute atomic E-state index is 0.0931. The molecule has 4 atom stereocenters. The van der Waals surface area contributed by atoms with Crippen LogP contribution in [0.25, 0.3) is 0 Å². The van der Waals surface area contributed by atoms with Crippen molar-refractivity contribution >= 4 is 0 Å². The molecule has 0 amide bonds. The van der Waals surface area contributed by atoms with E-state index in [1.807, 2.05) is 7.05 Å². The Balaban J connectivity index is 1.71. The Morgan fingerprint density at radius 2 is 1.82 bits per heavy atom. The molecule has 0 unspecified atom stereocenters. The summed E-state index contributed by atoms with van der Waals surface area (Å²) >= 11 is 0. The molecule has 2 aromatic rings. The summed E-state index contributed by atoms with van der Waals surface area (Å²) in [6.45, 7) is 0.726. The highest BCUT2D eigenvalue weighted by Crippen LogP contribution is 2.44. The van der Waals surface area contributed by atoms with Crippen molar-refractivity contribution in [3.63, 3.8) is 0 Å². The summed E-state index contributed by atoms with van der Waals surface area (Å²) < 4.78 is 12.2. The second-order valence-electron chi connectivity index (χ2n) is 6.06. The van der Waals surface area contributed by atoms with Gasteiger partial charge < -0.3 is 14.8 Å². The quantitative estimate of drug-likeness (QED) is 0.943. The summed E-state index contributed by atoms with van der Waals surface area (Å²) in [5.41, 5.74) is 3.96. The minimum atomic E-state index is -0.0931. The molecule has 2 aliphatic heterocycles. The molecular formula is C19H21NO2. The van der Waals surface area contributed by atoms with Crippen LogP contribution in [0.15, 0.2) is 54.6 Å². The molecule has 1 N–H and O–H groups in total. The Morgan fingerprint density at radius 1 is 1.05 bits per heavy atom. The van der Waals surface area contributed by atoms with Crippen molar-refractivity contribution < 1.29 is 9.47 Å². The first-order chi connectivity index (χ1) is 10.9. The maximum atomic E-state index is 6.20. The Hall–Kier alpha value is -1.68. The molecule has 1 saturated heterocycles. The molecule has 2 bridgehead atoms. The summed E-state index contributed by atoms with van der Waals surface area (Å²) in [6.07, 6.45) is 0.861. The Kier molecular flexibility index (Phi) is 3.70. The second kappa shape index (κ2) is 5.84. The summed E-state index contributed by atoms with van der Waals surface area (Å²) in [5, 5.41) is 3.46. The Bertz CT molecular complexity index is 643. The van der Waals surface area contributed by atoms with Crippen LogP contribution in [0.2, 0.25) is 0 Å². The standard InChI is InChI=1S/C19H21NO2/c1-20-18(13-7-3-2-4-8-13)16-12-21-17-11-14-9-5-6-10-15(14)19(16)22-17/h2-10,16-20H,11-12H2,1H3/t16-,17+,18+,19-/m1/s1. The molecule has 22 heavy (non-hydrogen) atoms. The van der Waals surface area contributed by atoms with Crippen molar-refractivity contribution in [1.29, 1.82) is 0 Å². The van der Waals surface area contributed by atoms with Crippen LogP contribution in [0.4, 0.5) is 0 Å².